The van der Waals surface area contributed by atoms with Crippen molar-refractivity contribution in [1.82, 2.24) is 5.43 Å². The molecule has 2 N–H and O–H groups in total. The number of anilines is 1. The van der Waals surface area contributed by atoms with Gasteiger partial charge in [-0.1, -0.05) is 12.1 Å². The van der Waals surface area contributed by atoms with E-state index in [0.29, 0.717) is 24.1 Å². The minimum absolute atomic E-state index is 0.378. The zero-order valence-electron chi connectivity index (χ0n) is 14.7. The van der Waals surface area contributed by atoms with Gasteiger partial charge in [0.1, 0.15) is 5.75 Å². The average Bonchev–Trinajstić information content (AvgIpc) is 2.91. The largest absolute Gasteiger partial charge is 0.495 e. The summed E-state index contributed by atoms with van der Waals surface area (Å²) >= 11 is 5.30. The maximum absolute atomic E-state index is 5.72. The monoisotopic (exact) mass is 371 g/mol. The molecule has 0 unspecified atom stereocenters. The minimum Gasteiger partial charge on any atom is -0.495 e. The Morgan fingerprint density at radius 1 is 1.12 bits per heavy atom. The van der Waals surface area contributed by atoms with Crippen molar-refractivity contribution in [3.63, 3.8) is 0 Å². The molecule has 26 heavy (non-hydrogen) atoms. The van der Waals surface area contributed by atoms with E-state index in [9.17, 15) is 0 Å². The molecule has 0 saturated heterocycles. The third-order valence-corrected chi connectivity index (χ3v) is 4.04. The van der Waals surface area contributed by atoms with E-state index < -0.39 is 0 Å². The first-order chi connectivity index (χ1) is 12.7. The number of hydrazone groups is 1. The molecule has 136 valence electrons. The van der Waals surface area contributed by atoms with E-state index in [-0.39, 0.29) is 0 Å². The molecule has 1 heterocycles. The van der Waals surface area contributed by atoms with Crippen molar-refractivity contribution >= 4 is 28.7 Å². The summed E-state index contributed by atoms with van der Waals surface area (Å²) in [4.78, 5) is 0. The standard InChI is InChI=1S/C19H21N3O3S/c1-13(14-8-9-17-18(12-14)25-11-5-10-24-17)21-22-19(26)20-15-6-3-4-7-16(15)23-2/h3-4,6-9,12H,5,10-11H2,1-2H3,(H2,20,22,26). The van der Waals surface area contributed by atoms with Crippen molar-refractivity contribution in [2.45, 2.75) is 13.3 Å². The molecule has 0 radical (unpaired) electrons. The number of para-hydroxylation sites is 2. The Balaban J connectivity index is 1.66. The molecule has 0 aromatic heterocycles. The molecule has 1 aliphatic heterocycles. The van der Waals surface area contributed by atoms with Crippen molar-refractivity contribution in [2.24, 2.45) is 5.10 Å². The maximum Gasteiger partial charge on any atom is 0.191 e. The van der Waals surface area contributed by atoms with Crippen LogP contribution < -0.4 is 25.0 Å². The van der Waals surface area contributed by atoms with Gasteiger partial charge in [-0.25, -0.2) is 0 Å². The number of hydrogen-bond donors (Lipinski definition) is 2. The van der Waals surface area contributed by atoms with Gasteiger partial charge < -0.3 is 19.5 Å². The highest BCUT2D eigenvalue weighted by molar-refractivity contribution is 7.80. The number of rotatable bonds is 4. The third-order valence-electron chi connectivity index (χ3n) is 3.85. The summed E-state index contributed by atoms with van der Waals surface area (Å²) in [6.07, 6.45) is 0.877. The number of fused-ring (bicyclic) bond motifs is 1. The van der Waals surface area contributed by atoms with Crippen molar-refractivity contribution in [1.29, 1.82) is 0 Å². The molecule has 1 aliphatic rings. The second-order valence-electron chi connectivity index (χ2n) is 5.68. The second-order valence-corrected chi connectivity index (χ2v) is 6.08. The Hall–Kier alpha value is -2.80. The number of thiocarbonyl (C=S) groups is 1. The minimum atomic E-state index is 0.378. The van der Waals surface area contributed by atoms with Crippen LogP contribution in [0.25, 0.3) is 0 Å². The molecular formula is C19H21N3O3S. The molecule has 0 bridgehead atoms. The summed E-state index contributed by atoms with van der Waals surface area (Å²) in [5.41, 5.74) is 5.34. The fourth-order valence-corrected chi connectivity index (χ4v) is 2.64. The van der Waals surface area contributed by atoms with E-state index in [0.717, 1.165) is 34.9 Å². The summed E-state index contributed by atoms with van der Waals surface area (Å²) in [5, 5.41) is 7.79. The van der Waals surface area contributed by atoms with Gasteiger partial charge in [0.05, 0.1) is 31.7 Å². The van der Waals surface area contributed by atoms with Crippen LogP contribution >= 0.6 is 12.2 Å². The van der Waals surface area contributed by atoms with Gasteiger partial charge in [0, 0.05) is 12.0 Å². The lowest BCUT2D eigenvalue weighted by atomic mass is 10.1. The topological polar surface area (TPSA) is 64.1 Å². The van der Waals surface area contributed by atoms with Crippen LogP contribution in [0.4, 0.5) is 5.69 Å². The first-order valence-electron chi connectivity index (χ1n) is 8.31. The van der Waals surface area contributed by atoms with Crippen LogP contribution in [0.15, 0.2) is 47.6 Å². The normalized spacial score (nSPS) is 13.5. The summed E-state index contributed by atoms with van der Waals surface area (Å²) < 4.78 is 16.7. The Morgan fingerprint density at radius 2 is 1.88 bits per heavy atom. The van der Waals surface area contributed by atoms with Crippen LogP contribution in [0.3, 0.4) is 0 Å². The van der Waals surface area contributed by atoms with Crippen LogP contribution in [-0.4, -0.2) is 31.1 Å². The molecule has 3 rings (SSSR count). The first kappa shape index (κ1) is 18.0. The smallest absolute Gasteiger partial charge is 0.191 e. The van der Waals surface area contributed by atoms with Gasteiger partial charge in [0.2, 0.25) is 0 Å². The van der Waals surface area contributed by atoms with Crippen molar-refractivity contribution < 1.29 is 14.2 Å². The molecule has 0 atom stereocenters. The zero-order valence-corrected chi connectivity index (χ0v) is 15.6. The Kier molecular flexibility index (Phi) is 5.91. The van der Waals surface area contributed by atoms with Crippen molar-refractivity contribution in [3.05, 3.63) is 48.0 Å². The van der Waals surface area contributed by atoms with Gasteiger partial charge in [-0.2, -0.15) is 5.10 Å². The Labute approximate surface area is 158 Å². The molecule has 0 spiro atoms. The van der Waals surface area contributed by atoms with E-state index in [1.807, 2.05) is 49.4 Å². The molecular weight excluding hydrogens is 350 g/mol. The lowest BCUT2D eigenvalue weighted by molar-refractivity contribution is 0.297. The Morgan fingerprint density at radius 3 is 2.69 bits per heavy atom. The fraction of sp³-hybridized carbons (Fsp3) is 0.263. The quantitative estimate of drug-likeness (QED) is 0.487. The molecule has 0 amide bonds. The van der Waals surface area contributed by atoms with Crippen LogP contribution in [0.2, 0.25) is 0 Å². The number of hydrogen-bond acceptors (Lipinski definition) is 5. The van der Waals surface area contributed by atoms with E-state index in [1.54, 1.807) is 7.11 Å². The van der Waals surface area contributed by atoms with E-state index in [1.165, 1.54) is 0 Å². The van der Waals surface area contributed by atoms with Crippen LogP contribution in [0.5, 0.6) is 17.2 Å². The second kappa shape index (κ2) is 8.53. The van der Waals surface area contributed by atoms with Gasteiger partial charge in [-0.05, 0) is 49.5 Å². The SMILES string of the molecule is COc1ccccc1NC(=S)NN=C(C)c1ccc2c(c1)OCCCO2. The lowest BCUT2D eigenvalue weighted by Gasteiger charge is -2.12. The molecule has 7 heteroatoms. The molecule has 0 aliphatic carbocycles. The summed E-state index contributed by atoms with van der Waals surface area (Å²) in [7, 11) is 1.61. The van der Waals surface area contributed by atoms with Gasteiger partial charge in [0.25, 0.3) is 0 Å². The van der Waals surface area contributed by atoms with Crippen molar-refractivity contribution in [2.75, 3.05) is 25.6 Å². The molecule has 2 aromatic rings. The number of methoxy groups -OCH3 is 1. The summed E-state index contributed by atoms with van der Waals surface area (Å²) in [5.74, 6) is 2.21. The van der Waals surface area contributed by atoms with E-state index >= 15 is 0 Å². The Bertz CT molecular complexity index is 823. The summed E-state index contributed by atoms with van der Waals surface area (Å²) in [6.45, 7) is 3.22. The van der Waals surface area contributed by atoms with E-state index in [4.69, 9.17) is 26.4 Å². The van der Waals surface area contributed by atoms with Crippen LogP contribution in [-0.2, 0) is 0 Å². The highest BCUT2D eigenvalue weighted by Crippen LogP contribution is 2.30. The third kappa shape index (κ3) is 4.43. The molecule has 0 fully saturated rings. The fourth-order valence-electron chi connectivity index (χ4n) is 2.49. The maximum atomic E-state index is 5.72. The van der Waals surface area contributed by atoms with E-state index in [2.05, 4.69) is 15.8 Å². The van der Waals surface area contributed by atoms with Crippen molar-refractivity contribution in [3.8, 4) is 17.2 Å². The number of nitrogens with zero attached hydrogens (tertiary/aromatic N) is 1. The molecule has 2 aromatic carbocycles. The highest BCUT2D eigenvalue weighted by atomic mass is 32.1. The summed E-state index contributed by atoms with van der Waals surface area (Å²) in [6, 6.07) is 13.3. The predicted octanol–water partition coefficient (Wildman–Crippen LogP) is 3.57. The van der Waals surface area contributed by atoms with Gasteiger partial charge in [-0.3, -0.25) is 5.43 Å². The van der Waals surface area contributed by atoms with Gasteiger partial charge in [-0.15, -0.1) is 0 Å². The van der Waals surface area contributed by atoms with Crippen LogP contribution in [0, 0.1) is 0 Å². The first-order valence-corrected chi connectivity index (χ1v) is 8.72. The van der Waals surface area contributed by atoms with Gasteiger partial charge >= 0.3 is 0 Å². The number of benzene rings is 2. The number of nitrogens with one attached hydrogen (secondary N) is 2. The molecule has 0 saturated carbocycles. The van der Waals surface area contributed by atoms with Gasteiger partial charge in [0.15, 0.2) is 16.6 Å². The highest BCUT2D eigenvalue weighted by Gasteiger charge is 2.12. The zero-order chi connectivity index (χ0) is 18.4. The van der Waals surface area contributed by atoms with Crippen LogP contribution in [0.1, 0.15) is 18.9 Å². The average molecular weight is 371 g/mol. The molecule has 6 nitrogen and oxygen atoms in total. The number of ether oxygens (including phenoxy) is 3. The lowest BCUT2D eigenvalue weighted by Crippen LogP contribution is -2.25. The predicted molar refractivity (Wildman–Crippen MR) is 107 cm³/mol.